The lowest BCUT2D eigenvalue weighted by atomic mass is 9.97. The van der Waals surface area contributed by atoms with Crippen LogP contribution < -0.4 is 24.1 Å². The molecule has 3 aliphatic rings. The lowest BCUT2D eigenvalue weighted by Crippen LogP contribution is -2.49. The van der Waals surface area contributed by atoms with Gasteiger partial charge >= 0.3 is 6.18 Å². The smallest absolute Gasteiger partial charge is 0.431 e. The highest BCUT2D eigenvalue weighted by molar-refractivity contribution is 5.95. The van der Waals surface area contributed by atoms with E-state index in [9.17, 15) is 18.0 Å². The van der Waals surface area contributed by atoms with E-state index < -0.39 is 23.8 Å². The first-order valence-corrected chi connectivity index (χ1v) is 11.2. The number of carbonyl (C=O) groups excluding carboxylic acids is 1. The number of hydrogen-bond acceptors (Lipinski definition) is 8. The Morgan fingerprint density at radius 3 is 2.49 bits per heavy atom. The second-order valence-electron chi connectivity index (χ2n) is 8.73. The average Bonchev–Trinajstić information content (AvgIpc) is 3.40. The molecule has 186 valence electrons. The highest BCUT2D eigenvalue weighted by Crippen LogP contribution is 2.38. The summed E-state index contributed by atoms with van der Waals surface area (Å²) in [5.74, 6) is 1.52. The van der Waals surface area contributed by atoms with Gasteiger partial charge in [-0.2, -0.15) is 18.3 Å². The Balaban J connectivity index is 1.17. The first-order valence-electron chi connectivity index (χ1n) is 11.2. The van der Waals surface area contributed by atoms with Crippen molar-refractivity contribution in [2.24, 2.45) is 16.9 Å². The molecule has 0 radical (unpaired) electrons. The molecule has 0 spiro atoms. The molecule has 2 atom stereocenters. The summed E-state index contributed by atoms with van der Waals surface area (Å²) in [6.07, 6.45) is -4.56. The summed E-state index contributed by atoms with van der Waals surface area (Å²) < 4.78 is 61.5. The third-order valence-corrected chi connectivity index (χ3v) is 6.43. The summed E-state index contributed by atoms with van der Waals surface area (Å²) in [5, 5.41) is 5.06. The van der Waals surface area contributed by atoms with Gasteiger partial charge in [0.05, 0.1) is 18.3 Å². The Bertz CT molecular complexity index is 1100. The molecule has 3 heterocycles. The zero-order valence-corrected chi connectivity index (χ0v) is 18.9. The monoisotopic (exact) mass is 491 g/mol. The molecule has 1 fully saturated rings. The van der Waals surface area contributed by atoms with Gasteiger partial charge in [0.2, 0.25) is 6.79 Å². The molecule has 1 saturated heterocycles. The van der Waals surface area contributed by atoms with Crippen LogP contribution in [0.2, 0.25) is 0 Å². The third kappa shape index (κ3) is 4.67. The van der Waals surface area contributed by atoms with Crippen molar-refractivity contribution < 1.29 is 36.9 Å². The number of anilines is 2. The van der Waals surface area contributed by atoms with E-state index in [-0.39, 0.29) is 19.9 Å². The van der Waals surface area contributed by atoms with Gasteiger partial charge < -0.3 is 23.8 Å². The van der Waals surface area contributed by atoms with Crippen LogP contribution in [-0.2, 0) is 9.53 Å². The Hall–Kier alpha value is -3.63. The van der Waals surface area contributed by atoms with E-state index in [4.69, 9.17) is 18.9 Å². The molecule has 2 aromatic carbocycles. The van der Waals surface area contributed by atoms with Gasteiger partial charge in [0, 0.05) is 36.7 Å². The average molecular weight is 491 g/mol. The molecule has 0 bridgehead atoms. The van der Waals surface area contributed by atoms with E-state index in [1.165, 1.54) is 11.9 Å². The minimum absolute atomic E-state index is 0.201. The van der Waals surface area contributed by atoms with Gasteiger partial charge in [0.15, 0.2) is 11.5 Å². The van der Waals surface area contributed by atoms with Gasteiger partial charge in [-0.15, -0.1) is 0 Å². The topological polar surface area (TPSA) is 72.8 Å². The van der Waals surface area contributed by atoms with Crippen LogP contribution in [0.5, 0.6) is 17.2 Å². The van der Waals surface area contributed by atoms with E-state index in [1.807, 2.05) is 18.2 Å². The molecule has 11 heteroatoms. The highest BCUT2D eigenvalue weighted by atomic mass is 19.4. The van der Waals surface area contributed by atoms with Gasteiger partial charge in [-0.25, -0.2) is 0 Å². The summed E-state index contributed by atoms with van der Waals surface area (Å²) in [5.41, 5.74) is 0.636. The molecular formula is C24H24F3N3O5. The molecule has 8 nitrogen and oxygen atoms in total. The van der Waals surface area contributed by atoms with Crippen LogP contribution in [0.15, 0.2) is 47.6 Å². The maximum atomic E-state index is 13.4. The van der Waals surface area contributed by atoms with Crippen LogP contribution in [0.3, 0.4) is 0 Å². The predicted octanol–water partition coefficient (Wildman–Crippen LogP) is 3.85. The van der Waals surface area contributed by atoms with Crippen molar-refractivity contribution in [2.75, 3.05) is 43.0 Å². The van der Waals surface area contributed by atoms with E-state index in [1.54, 1.807) is 24.3 Å². The molecule has 2 aromatic rings. The van der Waals surface area contributed by atoms with Crippen LogP contribution in [-0.4, -0.2) is 57.5 Å². The number of ether oxygens (including phenoxy) is 4. The fourth-order valence-electron chi connectivity index (χ4n) is 4.47. The van der Waals surface area contributed by atoms with Gasteiger partial charge in [0.1, 0.15) is 18.1 Å². The number of halogens is 3. The summed E-state index contributed by atoms with van der Waals surface area (Å²) >= 11 is 0. The standard InChI is InChI=1S/C24H24F3N3O5/c1-15-20(12-32-13-31)30(28-23(15)24(25,26)27)17-2-5-19(6-3-17)33-11-16-9-29(10-16)18-4-7-21-22(8-18)35-14-34-21/h2-8,13,15-16,20H,9-12,14H2,1H3/t15-,20-/m0/s1. The maximum Gasteiger partial charge on any atom is 0.431 e. The quantitative estimate of drug-likeness (QED) is 0.520. The second kappa shape index (κ2) is 9.20. The first kappa shape index (κ1) is 23.1. The van der Waals surface area contributed by atoms with Gasteiger partial charge in [0.25, 0.3) is 6.47 Å². The number of benzene rings is 2. The van der Waals surface area contributed by atoms with Gasteiger partial charge in [-0.05, 0) is 36.4 Å². The molecule has 5 rings (SSSR count). The number of hydrazone groups is 1. The number of carbonyl (C=O) groups is 1. The number of fused-ring (bicyclic) bond motifs is 1. The molecule has 0 saturated carbocycles. The Labute approximate surface area is 199 Å². The fourth-order valence-corrected chi connectivity index (χ4v) is 4.47. The lowest BCUT2D eigenvalue weighted by molar-refractivity contribution is -0.129. The minimum atomic E-state index is -4.56. The summed E-state index contributed by atoms with van der Waals surface area (Å²) in [4.78, 5) is 12.8. The van der Waals surface area contributed by atoms with Crippen LogP contribution in [0, 0.1) is 11.8 Å². The van der Waals surface area contributed by atoms with E-state index >= 15 is 0 Å². The minimum Gasteiger partial charge on any atom is -0.493 e. The third-order valence-electron chi connectivity index (χ3n) is 6.43. The van der Waals surface area contributed by atoms with Crippen molar-refractivity contribution in [1.29, 1.82) is 0 Å². The number of nitrogens with zero attached hydrogens (tertiary/aromatic N) is 3. The van der Waals surface area contributed by atoms with Gasteiger partial charge in [-0.3, -0.25) is 9.80 Å². The molecule has 0 aromatic heterocycles. The number of rotatable bonds is 8. The van der Waals surface area contributed by atoms with Crippen molar-refractivity contribution in [3.8, 4) is 17.2 Å². The largest absolute Gasteiger partial charge is 0.493 e. The zero-order chi connectivity index (χ0) is 24.6. The molecule has 3 aliphatic heterocycles. The molecule has 0 N–H and O–H groups in total. The van der Waals surface area contributed by atoms with Crippen molar-refractivity contribution >= 4 is 23.6 Å². The van der Waals surface area contributed by atoms with Crippen molar-refractivity contribution in [3.63, 3.8) is 0 Å². The predicted molar refractivity (Wildman–Crippen MR) is 121 cm³/mol. The number of hydrogen-bond donors (Lipinski definition) is 0. The summed E-state index contributed by atoms with van der Waals surface area (Å²) in [6.45, 7) is 3.90. The fraction of sp³-hybridized carbons (Fsp3) is 0.417. The molecule has 0 amide bonds. The van der Waals surface area contributed by atoms with Crippen molar-refractivity contribution in [2.45, 2.75) is 19.1 Å². The number of alkyl halides is 3. The zero-order valence-electron chi connectivity index (χ0n) is 18.9. The van der Waals surface area contributed by atoms with Crippen LogP contribution >= 0.6 is 0 Å². The van der Waals surface area contributed by atoms with Crippen LogP contribution in [0.1, 0.15) is 6.92 Å². The molecule has 0 aliphatic carbocycles. The van der Waals surface area contributed by atoms with Crippen LogP contribution in [0.4, 0.5) is 24.5 Å². The van der Waals surface area contributed by atoms with Crippen LogP contribution in [0.25, 0.3) is 0 Å². The molecular weight excluding hydrogens is 467 g/mol. The summed E-state index contributed by atoms with van der Waals surface area (Å²) in [7, 11) is 0. The highest BCUT2D eigenvalue weighted by Gasteiger charge is 2.48. The Morgan fingerprint density at radius 2 is 1.77 bits per heavy atom. The van der Waals surface area contributed by atoms with E-state index in [0.29, 0.717) is 24.0 Å². The van der Waals surface area contributed by atoms with Crippen molar-refractivity contribution in [1.82, 2.24) is 0 Å². The first-order chi connectivity index (χ1) is 16.8. The Kier molecular flexibility index (Phi) is 6.08. The van der Waals surface area contributed by atoms with E-state index in [0.717, 1.165) is 30.3 Å². The van der Waals surface area contributed by atoms with Crippen molar-refractivity contribution in [3.05, 3.63) is 42.5 Å². The van der Waals surface area contributed by atoms with Gasteiger partial charge in [-0.1, -0.05) is 6.92 Å². The summed E-state index contributed by atoms with van der Waals surface area (Å²) in [6, 6.07) is 11.8. The van der Waals surface area contributed by atoms with E-state index in [2.05, 4.69) is 10.0 Å². The molecule has 0 unspecified atom stereocenters. The maximum absolute atomic E-state index is 13.4. The second-order valence-corrected chi connectivity index (χ2v) is 8.73. The molecule has 35 heavy (non-hydrogen) atoms. The lowest BCUT2D eigenvalue weighted by Gasteiger charge is -2.40. The SMILES string of the molecule is C[C@@H]1C(C(F)(F)F)=NN(c2ccc(OCC3CN(c4ccc5c(c4)OCO5)C3)cc2)[C@H]1COC=O. The normalized spacial score (nSPS) is 21.5. The Morgan fingerprint density at radius 1 is 1.06 bits per heavy atom.